The van der Waals surface area contributed by atoms with Crippen molar-refractivity contribution in [2.45, 2.75) is 19.8 Å². The molecule has 1 aromatic heterocycles. The highest BCUT2D eigenvalue weighted by atomic mass is 16.5. The highest BCUT2D eigenvalue weighted by Gasteiger charge is 2.31. The van der Waals surface area contributed by atoms with E-state index in [1.54, 1.807) is 36.1 Å². The monoisotopic (exact) mass is 343 g/mol. The van der Waals surface area contributed by atoms with Crippen LogP contribution < -0.4 is 5.56 Å². The maximum atomic E-state index is 13.0. The molecule has 1 amide bonds. The van der Waals surface area contributed by atoms with Crippen LogP contribution >= 0.6 is 0 Å². The minimum Gasteiger partial charge on any atom is -0.466 e. The summed E-state index contributed by atoms with van der Waals surface area (Å²) in [4.78, 5) is 38.8. The molecule has 1 unspecified atom stereocenters. The minimum absolute atomic E-state index is 0.238. The third-order valence-electron chi connectivity index (χ3n) is 4.49. The number of fused-ring (bicyclic) bond motifs is 1. The van der Waals surface area contributed by atoms with Crippen LogP contribution in [0, 0.1) is 5.92 Å². The number of nitrogens with zero attached hydrogens (tertiary/aromatic N) is 3. The number of likely N-dealkylation sites (tertiary alicyclic amines) is 1. The van der Waals surface area contributed by atoms with Crippen LogP contribution in [0.4, 0.5) is 0 Å². The van der Waals surface area contributed by atoms with Crippen LogP contribution in [-0.4, -0.2) is 46.3 Å². The number of rotatable bonds is 3. The minimum atomic E-state index is -0.309. The molecule has 0 bridgehead atoms. The fourth-order valence-electron chi connectivity index (χ4n) is 3.22. The summed E-state index contributed by atoms with van der Waals surface area (Å²) in [7, 11) is 1.53. The van der Waals surface area contributed by atoms with Gasteiger partial charge < -0.3 is 9.64 Å². The number of piperidine rings is 1. The number of benzene rings is 1. The molecular formula is C18H21N3O4. The zero-order chi connectivity index (χ0) is 18.0. The van der Waals surface area contributed by atoms with Crippen LogP contribution in [0.2, 0.25) is 0 Å². The zero-order valence-electron chi connectivity index (χ0n) is 14.4. The third-order valence-corrected chi connectivity index (χ3v) is 4.49. The average molecular weight is 343 g/mol. The Morgan fingerprint density at radius 3 is 2.72 bits per heavy atom. The highest BCUT2D eigenvalue weighted by Crippen LogP contribution is 2.21. The molecule has 2 heterocycles. The number of ether oxygens (including phenoxy) is 1. The first kappa shape index (κ1) is 17.1. The lowest BCUT2D eigenvalue weighted by Gasteiger charge is -2.31. The van der Waals surface area contributed by atoms with Gasteiger partial charge >= 0.3 is 5.97 Å². The molecule has 0 N–H and O–H groups in total. The topological polar surface area (TPSA) is 81.5 Å². The predicted molar refractivity (Wildman–Crippen MR) is 92.2 cm³/mol. The van der Waals surface area contributed by atoms with Crippen LogP contribution in [0.25, 0.3) is 10.8 Å². The summed E-state index contributed by atoms with van der Waals surface area (Å²) in [5.74, 6) is -0.837. The van der Waals surface area contributed by atoms with E-state index in [2.05, 4.69) is 5.10 Å². The number of carbonyl (C=O) groups excluding carboxylic acids is 2. The van der Waals surface area contributed by atoms with Crippen molar-refractivity contribution in [3.05, 3.63) is 40.3 Å². The second-order valence-corrected chi connectivity index (χ2v) is 6.17. The summed E-state index contributed by atoms with van der Waals surface area (Å²) in [5.41, 5.74) is -0.00240. The van der Waals surface area contributed by atoms with Crippen molar-refractivity contribution in [1.29, 1.82) is 0 Å². The van der Waals surface area contributed by atoms with Crippen molar-refractivity contribution in [1.82, 2.24) is 14.7 Å². The SMILES string of the molecule is CCOC(=O)C1CCCN(C(=O)c2nn(C)c(=O)c3ccccc23)C1. The second kappa shape index (κ2) is 7.04. The Balaban J connectivity index is 1.93. The first-order valence-corrected chi connectivity index (χ1v) is 8.45. The first-order chi connectivity index (χ1) is 12.0. The lowest BCUT2D eigenvalue weighted by atomic mass is 9.97. The van der Waals surface area contributed by atoms with Crippen molar-refractivity contribution in [2.24, 2.45) is 13.0 Å². The van der Waals surface area contributed by atoms with Crippen molar-refractivity contribution >= 4 is 22.6 Å². The molecule has 7 heteroatoms. The van der Waals surface area contributed by atoms with Gasteiger partial charge in [-0.3, -0.25) is 14.4 Å². The molecule has 1 saturated heterocycles. The van der Waals surface area contributed by atoms with Gasteiger partial charge in [-0.05, 0) is 25.8 Å². The van der Waals surface area contributed by atoms with Crippen LogP contribution in [0.5, 0.6) is 0 Å². The van der Waals surface area contributed by atoms with E-state index < -0.39 is 0 Å². The van der Waals surface area contributed by atoms with E-state index in [4.69, 9.17) is 4.74 Å². The zero-order valence-corrected chi connectivity index (χ0v) is 14.4. The molecule has 1 fully saturated rings. The summed E-state index contributed by atoms with van der Waals surface area (Å²) in [6, 6.07) is 6.95. The number of carbonyl (C=O) groups is 2. The van der Waals surface area contributed by atoms with Gasteiger partial charge in [0.25, 0.3) is 11.5 Å². The molecular weight excluding hydrogens is 322 g/mol. The molecule has 1 aliphatic heterocycles. The van der Waals surface area contributed by atoms with E-state index in [0.717, 1.165) is 6.42 Å². The standard InChI is InChI=1S/C18H21N3O4/c1-3-25-18(24)12-7-6-10-21(11-12)17(23)15-13-8-4-5-9-14(13)16(22)20(2)19-15/h4-5,8-9,12H,3,6-7,10-11H2,1-2H3. The number of hydrogen-bond donors (Lipinski definition) is 0. The van der Waals surface area contributed by atoms with Gasteiger partial charge in [-0.25, -0.2) is 4.68 Å². The van der Waals surface area contributed by atoms with Gasteiger partial charge in [0.2, 0.25) is 0 Å². The molecule has 2 aromatic rings. The van der Waals surface area contributed by atoms with E-state index in [0.29, 0.717) is 36.9 Å². The highest BCUT2D eigenvalue weighted by molar-refractivity contribution is 6.04. The molecule has 0 radical (unpaired) electrons. The maximum Gasteiger partial charge on any atom is 0.310 e. The Hall–Kier alpha value is -2.70. The number of amides is 1. The summed E-state index contributed by atoms with van der Waals surface area (Å²) in [6.45, 7) is 2.98. The number of hydrogen-bond acceptors (Lipinski definition) is 5. The van der Waals surface area contributed by atoms with Crippen LogP contribution in [0.1, 0.15) is 30.3 Å². The van der Waals surface area contributed by atoms with Crippen LogP contribution in [0.3, 0.4) is 0 Å². The molecule has 3 rings (SSSR count). The van der Waals surface area contributed by atoms with Gasteiger partial charge in [0.15, 0.2) is 5.69 Å². The second-order valence-electron chi connectivity index (χ2n) is 6.17. The number of aromatic nitrogens is 2. The molecule has 25 heavy (non-hydrogen) atoms. The Labute approximate surface area is 145 Å². The molecule has 7 nitrogen and oxygen atoms in total. The molecule has 1 aromatic carbocycles. The van der Waals surface area contributed by atoms with Crippen molar-refractivity contribution in [3.63, 3.8) is 0 Å². The maximum absolute atomic E-state index is 13.0. The van der Waals surface area contributed by atoms with Gasteiger partial charge in [-0.15, -0.1) is 0 Å². The Morgan fingerprint density at radius 2 is 2.00 bits per heavy atom. The van der Waals surface area contributed by atoms with Gasteiger partial charge in [0, 0.05) is 25.5 Å². The average Bonchev–Trinajstić information content (AvgIpc) is 2.64. The largest absolute Gasteiger partial charge is 0.466 e. The van der Waals surface area contributed by atoms with E-state index in [-0.39, 0.29) is 29.0 Å². The Morgan fingerprint density at radius 1 is 1.28 bits per heavy atom. The third kappa shape index (κ3) is 3.26. The Kier molecular flexibility index (Phi) is 4.83. The fraction of sp³-hybridized carbons (Fsp3) is 0.444. The molecule has 1 aliphatic rings. The van der Waals surface area contributed by atoms with Crippen molar-refractivity contribution in [2.75, 3.05) is 19.7 Å². The lowest BCUT2D eigenvalue weighted by Crippen LogP contribution is -2.43. The molecule has 0 spiro atoms. The smallest absolute Gasteiger partial charge is 0.310 e. The van der Waals surface area contributed by atoms with Gasteiger partial charge in [0.05, 0.1) is 17.9 Å². The first-order valence-electron chi connectivity index (χ1n) is 8.45. The van der Waals surface area contributed by atoms with Gasteiger partial charge in [-0.1, -0.05) is 18.2 Å². The Bertz CT molecular complexity index is 874. The van der Waals surface area contributed by atoms with Crippen molar-refractivity contribution in [3.8, 4) is 0 Å². The summed E-state index contributed by atoms with van der Waals surface area (Å²) < 4.78 is 6.27. The van der Waals surface area contributed by atoms with E-state index in [9.17, 15) is 14.4 Å². The fourth-order valence-corrected chi connectivity index (χ4v) is 3.22. The summed E-state index contributed by atoms with van der Waals surface area (Å²) in [5, 5.41) is 5.18. The van der Waals surface area contributed by atoms with Gasteiger partial charge in [-0.2, -0.15) is 5.10 Å². The molecule has 0 saturated carbocycles. The summed E-state index contributed by atoms with van der Waals surface area (Å²) in [6.07, 6.45) is 1.45. The summed E-state index contributed by atoms with van der Waals surface area (Å²) >= 11 is 0. The van der Waals surface area contributed by atoms with E-state index in [1.165, 1.54) is 11.7 Å². The lowest BCUT2D eigenvalue weighted by molar-refractivity contribution is -0.149. The number of aryl methyl sites for hydroxylation is 1. The quantitative estimate of drug-likeness (QED) is 0.786. The number of esters is 1. The predicted octanol–water partition coefficient (Wildman–Crippen LogP) is 1.35. The van der Waals surface area contributed by atoms with E-state index in [1.807, 2.05) is 0 Å². The van der Waals surface area contributed by atoms with Crippen molar-refractivity contribution < 1.29 is 14.3 Å². The molecule has 0 aliphatic carbocycles. The van der Waals surface area contributed by atoms with Crippen LogP contribution in [0.15, 0.2) is 29.1 Å². The molecule has 132 valence electrons. The van der Waals surface area contributed by atoms with Gasteiger partial charge in [0.1, 0.15) is 0 Å². The van der Waals surface area contributed by atoms with E-state index >= 15 is 0 Å². The molecule has 1 atom stereocenters. The van der Waals surface area contributed by atoms with Crippen LogP contribution in [-0.2, 0) is 16.6 Å². The normalized spacial score (nSPS) is 17.5.